The maximum Gasteiger partial charge on any atom is 0.410 e. The number of hydrogen-bond acceptors (Lipinski definition) is 6. The molecule has 0 atom stereocenters. The average Bonchev–Trinajstić information content (AvgIpc) is 3.15. The third-order valence-electron chi connectivity index (χ3n) is 4.93. The second-order valence-electron chi connectivity index (χ2n) is 8.82. The summed E-state index contributed by atoms with van der Waals surface area (Å²) in [4.78, 5) is 34.8. The number of aromatic nitrogens is 4. The molecule has 2 aromatic heterocycles. The van der Waals surface area contributed by atoms with Crippen LogP contribution in [0, 0.1) is 13.8 Å². The molecule has 1 N–H and O–H groups in total. The number of aryl methyl sites for hydroxylation is 2. The molecule has 0 aliphatic carbocycles. The van der Waals surface area contributed by atoms with Gasteiger partial charge in [0.2, 0.25) is 5.91 Å². The number of fused-ring (bicyclic) bond motifs is 1. The molecule has 0 fully saturated rings. The summed E-state index contributed by atoms with van der Waals surface area (Å²) >= 11 is 0. The molecule has 0 unspecified atom stereocenters. The van der Waals surface area contributed by atoms with Crippen molar-refractivity contribution >= 4 is 23.5 Å². The van der Waals surface area contributed by atoms with Crippen molar-refractivity contribution in [1.29, 1.82) is 0 Å². The molecule has 0 aliphatic rings. The Morgan fingerprint density at radius 3 is 2.69 bits per heavy atom. The maximum atomic E-state index is 12.6. The van der Waals surface area contributed by atoms with Gasteiger partial charge < -0.3 is 15.0 Å². The van der Waals surface area contributed by atoms with E-state index in [-0.39, 0.29) is 5.91 Å². The molecule has 3 rings (SSSR count). The summed E-state index contributed by atoms with van der Waals surface area (Å²) in [5, 5.41) is 7.12. The van der Waals surface area contributed by atoms with Gasteiger partial charge in [0.1, 0.15) is 11.9 Å². The van der Waals surface area contributed by atoms with E-state index in [0.29, 0.717) is 30.9 Å². The Bertz CT molecular complexity index is 1130. The summed E-state index contributed by atoms with van der Waals surface area (Å²) in [6, 6.07) is 7.44. The highest BCUT2D eigenvalue weighted by Crippen LogP contribution is 2.17. The van der Waals surface area contributed by atoms with Gasteiger partial charge in [0.25, 0.3) is 5.78 Å². The minimum atomic E-state index is -0.550. The smallest absolute Gasteiger partial charge is 0.410 e. The molecule has 2 amide bonds. The molecule has 0 saturated carbocycles. The Morgan fingerprint density at radius 2 is 1.97 bits per heavy atom. The third-order valence-corrected chi connectivity index (χ3v) is 4.93. The molecule has 0 radical (unpaired) electrons. The second kappa shape index (κ2) is 9.33. The fraction of sp³-hybridized carbons (Fsp3) is 0.435. The number of carbonyl (C=O) groups is 2. The predicted molar refractivity (Wildman–Crippen MR) is 121 cm³/mol. The van der Waals surface area contributed by atoms with Crippen LogP contribution in [-0.2, 0) is 22.5 Å². The van der Waals surface area contributed by atoms with Crippen molar-refractivity contribution in [2.24, 2.45) is 0 Å². The van der Waals surface area contributed by atoms with Crippen LogP contribution in [0.25, 0.3) is 5.78 Å². The van der Waals surface area contributed by atoms with Crippen LogP contribution < -0.4 is 5.32 Å². The number of rotatable bonds is 6. The van der Waals surface area contributed by atoms with Crippen LogP contribution in [0.15, 0.2) is 30.6 Å². The number of amides is 2. The number of anilines is 1. The van der Waals surface area contributed by atoms with Gasteiger partial charge in [0.05, 0.1) is 0 Å². The lowest BCUT2D eigenvalue weighted by molar-refractivity contribution is -0.116. The number of hydrogen-bond donors (Lipinski definition) is 1. The summed E-state index contributed by atoms with van der Waals surface area (Å²) in [7, 11) is 1.68. The van der Waals surface area contributed by atoms with Crippen LogP contribution in [-0.4, -0.2) is 49.1 Å². The SMILES string of the molecule is Cc1nc2ncnn2c(C)c1CCC(=O)Nc1cccc(CN(C)C(=O)OC(C)(C)C)c1. The number of carbonyl (C=O) groups excluding carboxylic acids is 2. The maximum absolute atomic E-state index is 12.6. The number of nitrogens with zero attached hydrogens (tertiary/aromatic N) is 5. The molecule has 1 aromatic carbocycles. The van der Waals surface area contributed by atoms with Crippen LogP contribution >= 0.6 is 0 Å². The normalized spacial score (nSPS) is 11.4. The first-order valence-electron chi connectivity index (χ1n) is 10.5. The topological polar surface area (TPSA) is 102 Å². The zero-order valence-electron chi connectivity index (χ0n) is 19.5. The first-order chi connectivity index (χ1) is 15.0. The summed E-state index contributed by atoms with van der Waals surface area (Å²) < 4.78 is 7.07. The van der Waals surface area contributed by atoms with Crippen molar-refractivity contribution in [2.75, 3.05) is 12.4 Å². The zero-order chi connectivity index (χ0) is 23.5. The van der Waals surface area contributed by atoms with Gasteiger partial charge in [0, 0.05) is 37.1 Å². The lowest BCUT2D eigenvalue weighted by Crippen LogP contribution is -2.33. The minimum Gasteiger partial charge on any atom is -0.444 e. The Kier molecular flexibility index (Phi) is 6.76. The van der Waals surface area contributed by atoms with Gasteiger partial charge in [-0.2, -0.15) is 10.1 Å². The van der Waals surface area contributed by atoms with Crippen LogP contribution in [0.4, 0.5) is 10.5 Å². The van der Waals surface area contributed by atoms with Crippen LogP contribution in [0.1, 0.15) is 49.7 Å². The van der Waals surface area contributed by atoms with Crippen LogP contribution in [0.2, 0.25) is 0 Å². The molecular formula is C23H30N6O3. The fourth-order valence-electron chi connectivity index (χ4n) is 3.40. The van der Waals surface area contributed by atoms with E-state index in [0.717, 1.165) is 22.5 Å². The second-order valence-corrected chi connectivity index (χ2v) is 8.82. The first-order valence-corrected chi connectivity index (χ1v) is 10.5. The Morgan fingerprint density at radius 1 is 1.22 bits per heavy atom. The van der Waals surface area contributed by atoms with E-state index in [1.165, 1.54) is 11.2 Å². The standard InChI is InChI=1S/C23H30N6O3/c1-15-19(16(2)29-21(26-15)24-14-25-29)10-11-20(30)27-18-9-7-8-17(12-18)13-28(6)22(31)32-23(3,4)5/h7-9,12,14H,10-11,13H2,1-6H3,(H,27,30). The molecule has 9 nitrogen and oxygen atoms in total. The summed E-state index contributed by atoms with van der Waals surface area (Å²) in [5.41, 5.74) is 3.80. The molecule has 32 heavy (non-hydrogen) atoms. The van der Waals surface area contributed by atoms with E-state index >= 15 is 0 Å². The van der Waals surface area contributed by atoms with Crippen LogP contribution in [0.3, 0.4) is 0 Å². The lowest BCUT2D eigenvalue weighted by Gasteiger charge is -2.24. The van der Waals surface area contributed by atoms with Gasteiger partial charge >= 0.3 is 6.09 Å². The van der Waals surface area contributed by atoms with Gasteiger partial charge in [-0.25, -0.2) is 14.3 Å². The average molecular weight is 439 g/mol. The largest absolute Gasteiger partial charge is 0.444 e. The van der Waals surface area contributed by atoms with Crippen molar-refractivity contribution < 1.29 is 14.3 Å². The van der Waals surface area contributed by atoms with Crippen molar-refractivity contribution in [3.63, 3.8) is 0 Å². The molecule has 9 heteroatoms. The van der Waals surface area contributed by atoms with Gasteiger partial charge in [-0.1, -0.05) is 12.1 Å². The van der Waals surface area contributed by atoms with E-state index in [1.807, 2.05) is 58.9 Å². The van der Waals surface area contributed by atoms with Gasteiger partial charge in [-0.3, -0.25) is 4.79 Å². The van der Waals surface area contributed by atoms with E-state index in [2.05, 4.69) is 20.4 Å². The quantitative estimate of drug-likeness (QED) is 0.630. The van der Waals surface area contributed by atoms with E-state index < -0.39 is 11.7 Å². The molecular weight excluding hydrogens is 408 g/mol. The molecule has 170 valence electrons. The van der Waals surface area contributed by atoms with Crippen molar-refractivity contribution in [3.8, 4) is 0 Å². The summed E-state index contributed by atoms with van der Waals surface area (Å²) in [6.07, 6.45) is 1.94. The molecule has 0 bridgehead atoms. The highest BCUT2D eigenvalue weighted by Gasteiger charge is 2.20. The third kappa shape index (κ3) is 5.81. The minimum absolute atomic E-state index is 0.0971. The fourth-order valence-corrected chi connectivity index (χ4v) is 3.40. The lowest BCUT2D eigenvalue weighted by atomic mass is 10.1. The summed E-state index contributed by atoms with van der Waals surface area (Å²) in [5.74, 6) is 0.460. The van der Waals surface area contributed by atoms with E-state index in [9.17, 15) is 9.59 Å². The first kappa shape index (κ1) is 23.2. The van der Waals surface area contributed by atoms with Crippen molar-refractivity contribution in [1.82, 2.24) is 24.5 Å². The Balaban J connectivity index is 1.60. The van der Waals surface area contributed by atoms with Gasteiger partial charge in [0.15, 0.2) is 0 Å². The number of nitrogens with one attached hydrogen (secondary N) is 1. The zero-order valence-corrected chi connectivity index (χ0v) is 19.5. The number of ether oxygens (including phenoxy) is 1. The molecule has 0 aliphatic heterocycles. The van der Waals surface area contributed by atoms with Gasteiger partial charge in [-0.15, -0.1) is 0 Å². The predicted octanol–water partition coefficient (Wildman–Crippen LogP) is 3.68. The van der Waals surface area contributed by atoms with Gasteiger partial charge in [-0.05, 0) is 64.3 Å². The van der Waals surface area contributed by atoms with E-state index in [4.69, 9.17) is 4.74 Å². The van der Waals surface area contributed by atoms with Crippen LogP contribution in [0.5, 0.6) is 0 Å². The van der Waals surface area contributed by atoms with Crippen molar-refractivity contribution in [3.05, 3.63) is 53.1 Å². The monoisotopic (exact) mass is 438 g/mol. The Labute approximate surface area is 187 Å². The molecule has 2 heterocycles. The van der Waals surface area contributed by atoms with E-state index in [1.54, 1.807) is 11.6 Å². The number of benzene rings is 1. The Hall–Kier alpha value is -3.49. The highest BCUT2D eigenvalue weighted by molar-refractivity contribution is 5.90. The highest BCUT2D eigenvalue weighted by atomic mass is 16.6. The molecule has 3 aromatic rings. The molecule has 0 saturated heterocycles. The van der Waals surface area contributed by atoms with Crippen molar-refractivity contribution in [2.45, 2.75) is 59.6 Å². The molecule has 0 spiro atoms. The summed E-state index contributed by atoms with van der Waals surface area (Å²) in [6.45, 7) is 9.74.